The fourth-order valence-electron chi connectivity index (χ4n) is 3.55. The summed E-state index contributed by atoms with van der Waals surface area (Å²) in [4.78, 5) is 6.83. The summed E-state index contributed by atoms with van der Waals surface area (Å²) in [6.07, 6.45) is -16.6. The summed E-state index contributed by atoms with van der Waals surface area (Å²) in [7, 11) is 0. The van der Waals surface area contributed by atoms with E-state index in [0.29, 0.717) is 40.4 Å². The van der Waals surface area contributed by atoms with Crippen LogP contribution < -0.4 is 5.01 Å². The second-order valence-corrected chi connectivity index (χ2v) is 8.97. The van der Waals surface area contributed by atoms with Gasteiger partial charge in [0.2, 0.25) is 0 Å². The van der Waals surface area contributed by atoms with Crippen molar-refractivity contribution < 1.29 is 49.4 Å². The molecule has 0 saturated carbocycles. The van der Waals surface area contributed by atoms with Crippen molar-refractivity contribution in [2.45, 2.75) is 43.7 Å². The number of hydrogen-bond acceptors (Lipinski definition) is 6. The number of rotatable bonds is 8. The second kappa shape index (κ2) is 11.3. The Bertz CT molecular complexity index is 1110. The summed E-state index contributed by atoms with van der Waals surface area (Å²) in [5.41, 5.74) is -4.33. The van der Waals surface area contributed by atoms with Gasteiger partial charge in [0.25, 0.3) is 0 Å². The molecule has 0 fully saturated rings. The van der Waals surface area contributed by atoms with Crippen LogP contribution in [0.2, 0.25) is 0 Å². The van der Waals surface area contributed by atoms with Crippen LogP contribution in [0, 0.1) is 5.92 Å². The second-order valence-electron chi connectivity index (χ2n) is 7.89. The Morgan fingerprint density at radius 2 is 1.49 bits per heavy atom. The van der Waals surface area contributed by atoms with Crippen molar-refractivity contribution in [2.24, 2.45) is 11.0 Å². The quantitative estimate of drug-likeness (QED) is 0.168. The maximum atomic E-state index is 14.1. The van der Waals surface area contributed by atoms with Gasteiger partial charge >= 0.3 is 18.5 Å². The van der Waals surface area contributed by atoms with Crippen LogP contribution in [0.3, 0.4) is 0 Å². The Balaban J connectivity index is 2.12. The molecule has 3 atom stereocenters. The first-order chi connectivity index (χ1) is 17.1. The highest BCUT2D eigenvalue weighted by Crippen LogP contribution is 2.40. The van der Waals surface area contributed by atoms with E-state index in [1.165, 1.54) is 0 Å². The van der Waals surface area contributed by atoms with E-state index in [0.717, 1.165) is 12.4 Å². The number of pyridine rings is 2. The van der Waals surface area contributed by atoms with E-state index in [4.69, 9.17) is 4.74 Å². The van der Waals surface area contributed by atoms with Gasteiger partial charge in [0, 0.05) is 30.8 Å². The number of halogens is 10. The molecular formula is C21H18F9IN4O2. The van der Waals surface area contributed by atoms with Gasteiger partial charge in [0.15, 0.2) is 12.3 Å². The molecule has 3 rings (SSSR count). The third-order valence-electron chi connectivity index (χ3n) is 5.25. The fraction of sp³-hybridized carbons (Fsp3) is 0.476. The molecule has 0 amide bonds. The molecule has 0 spiro atoms. The zero-order valence-electron chi connectivity index (χ0n) is 18.4. The maximum Gasteiger partial charge on any atom is 0.417 e. The lowest BCUT2D eigenvalue weighted by Gasteiger charge is -2.31. The SMILES string of the molecule is OC1C(C(OCCCCI)C(F)(F)F)C(c2cncc(C(F)(F)F)c2)=NN1c1cncc(C(F)(F)F)c1. The molecule has 1 N–H and O–H groups in total. The Labute approximate surface area is 217 Å². The number of alkyl halides is 10. The lowest BCUT2D eigenvalue weighted by Crippen LogP contribution is -2.48. The zero-order valence-corrected chi connectivity index (χ0v) is 20.6. The molecule has 0 bridgehead atoms. The minimum absolute atomic E-state index is 0.219. The minimum Gasteiger partial charge on any atom is -0.371 e. The highest BCUT2D eigenvalue weighted by atomic mass is 127. The van der Waals surface area contributed by atoms with Crippen LogP contribution in [0.15, 0.2) is 42.0 Å². The molecule has 1 aliphatic heterocycles. The Morgan fingerprint density at radius 1 is 0.892 bits per heavy atom. The fourth-order valence-corrected chi connectivity index (χ4v) is 4.09. The minimum atomic E-state index is -5.12. The maximum absolute atomic E-state index is 14.1. The highest BCUT2D eigenvalue weighted by Gasteiger charge is 2.54. The summed E-state index contributed by atoms with van der Waals surface area (Å²) in [6.45, 7) is -0.393. The topological polar surface area (TPSA) is 70.8 Å². The van der Waals surface area contributed by atoms with E-state index in [1.54, 1.807) is 0 Å². The van der Waals surface area contributed by atoms with Crippen LogP contribution in [0.5, 0.6) is 0 Å². The largest absolute Gasteiger partial charge is 0.417 e. The van der Waals surface area contributed by atoms with Gasteiger partial charge in [-0.25, -0.2) is 5.01 Å². The smallest absolute Gasteiger partial charge is 0.371 e. The zero-order chi connectivity index (χ0) is 27.6. The van der Waals surface area contributed by atoms with Gasteiger partial charge in [0.05, 0.1) is 34.6 Å². The van der Waals surface area contributed by atoms with Crippen LogP contribution in [-0.2, 0) is 17.1 Å². The van der Waals surface area contributed by atoms with Crippen LogP contribution in [0.25, 0.3) is 0 Å². The average Bonchev–Trinajstić information content (AvgIpc) is 3.14. The van der Waals surface area contributed by atoms with Crippen molar-refractivity contribution in [1.29, 1.82) is 0 Å². The lowest BCUT2D eigenvalue weighted by atomic mass is 9.90. The molecule has 2 aromatic heterocycles. The number of aromatic nitrogens is 2. The molecule has 0 aliphatic carbocycles. The monoisotopic (exact) mass is 656 g/mol. The third kappa shape index (κ3) is 7.01. The number of aliphatic hydroxyl groups excluding tert-OH is 1. The first-order valence-corrected chi connectivity index (χ1v) is 12.0. The van der Waals surface area contributed by atoms with Gasteiger partial charge < -0.3 is 9.84 Å². The third-order valence-corrected chi connectivity index (χ3v) is 6.02. The standard InChI is InChI=1S/C21H18F9IN4O2/c22-19(23,24)12-5-11(7-32-8-12)16-15(17(21(28,29)30)37-4-2-1-3-31)18(36)35(34-16)14-6-13(9-33-10-14)20(25,26)27/h5-10,15,17-18,36H,1-4H2. The number of ether oxygens (including phenoxy) is 1. The Kier molecular flexibility index (Phi) is 8.94. The number of anilines is 1. The summed E-state index contributed by atoms with van der Waals surface area (Å²) in [5.74, 6) is -2.13. The van der Waals surface area contributed by atoms with E-state index in [2.05, 4.69) is 15.1 Å². The molecule has 0 aromatic carbocycles. The normalized spacial score (nSPS) is 19.8. The lowest BCUT2D eigenvalue weighted by molar-refractivity contribution is -0.235. The number of hydrogen-bond donors (Lipinski definition) is 1. The highest BCUT2D eigenvalue weighted by molar-refractivity contribution is 14.1. The van der Waals surface area contributed by atoms with Gasteiger partial charge in [-0.2, -0.15) is 44.6 Å². The van der Waals surface area contributed by atoms with E-state index in [-0.39, 0.29) is 6.42 Å². The predicted molar refractivity (Wildman–Crippen MR) is 121 cm³/mol. The Morgan fingerprint density at radius 3 is 2.05 bits per heavy atom. The molecule has 6 nitrogen and oxygen atoms in total. The van der Waals surface area contributed by atoms with E-state index in [9.17, 15) is 44.6 Å². The summed E-state index contributed by atoms with van der Waals surface area (Å²) < 4.78 is 127. The molecule has 16 heteroatoms. The van der Waals surface area contributed by atoms with Gasteiger partial charge in [-0.1, -0.05) is 22.6 Å². The van der Waals surface area contributed by atoms with E-state index in [1.807, 2.05) is 22.6 Å². The van der Waals surface area contributed by atoms with Crippen molar-refractivity contribution in [3.8, 4) is 0 Å². The van der Waals surface area contributed by atoms with Crippen molar-refractivity contribution in [3.63, 3.8) is 0 Å². The molecule has 1 aliphatic rings. The molecular weight excluding hydrogens is 638 g/mol. The first-order valence-electron chi connectivity index (χ1n) is 10.5. The first kappa shape index (κ1) is 29.3. The Hall–Kier alpha value is -2.21. The van der Waals surface area contributed by atoms with E-state index >= 15 is 0 Å². The molecule has 2 aromatic rings. The number of unbranched alkanes of at least 4 members (excludes halogenated alkanes) is 1. The van der Waals surface area contributed by atoms with Crippen LogP contribution in [0.4, 0.5) is 45.2 Å². The molecule has 0 radical (unpaired) electrons. The summed E-state index contributed by atoms with van der Waals surface area (Å²) >= 11 is 2.01. The summed E-state index contributed by atoms with van der Waals surface area (Å²) in [6, 6.07) is 0.983. The van der Waals surface area contributed by atoms with Gasteiger partial charge in [-0.3, -0.25) is 9.97 Å². The van der Waals surface area contributed by atoms with Gasteiger partial charge in [-0.05, 0) is 29.4 Å². The number of nitrogens with zero attached hydrogens (tertiary/aromatic N) is 4. The number of hydrazone groups is 1. The molecule has 37 heavy (non-hydrogen) atoms. The molecule has 3 unspecified atom stereocenters. The molecule has 0 saturated heterocycles. The van der Waals surface area contributed by atoms with Crippen molar-refractivity contribution in [1.82, 2.24) is 9.97 Å². The number of aliphatic hydroxyl groups is 1. The van der Waals surface area contributed by atoms with E-state index < -0.39 is 71.5 Å². The van der Waals surface area contributed by atoms with Crippen LogP contribution in [-0.4, -0.2) is 50.3 Å². The summed E-state index contributed by atoms with van der Waals surface area (Å²) in [5, 5.41) is 15.1. The molecule has 3 heterocycles. The van der Waals surface area contributed by atoms with Crippen LogP contribution in [0.1, 0.15) is 29.5 Å². The van der Waals surface area contributed by atoms with Gasteiger partial charge in [0.1, 0.15) is 0 Å². The predicted octanol–water partition coefficient (Wildman–Crippen LogP) is 5.84. The van der Waals surface area contributed by atoms with Crippen LogP contribution >= 0.6 is 22.6 Å². The van der Waals surface area contributed by atoms with Crippen molar-refractivity contribution in [2.75, 3.05) is 16.0 Å². The van der Waals surface area contributed by atoms with Crippen molar-refractivity contribution >= 4 is 34.0 Å². The molecule has 204 valence electrons. The average molecular weight is 656 g/mol. The van der Waals surface area contributed by atoms with Crippen molar-refractivity contribution in [3.05, 3.63) is 53.6 Å². The van der Waals surface area contributed by atoms with Gasteiger partial charge in [-0.15, -0.1) is 0 Å².